The van der Waals surface area contributed by atoms with Crippen LogP contribution in [0.5, 0.6) is 0 Å². The number of hydrogen-bond acceptors (Lipinski definition) is 7. The first kappa shape index (κ1) is 15.4. The van der Waals surface area contributed by atoms with Gasteiger partial charge in [-0.2, -0.15) is 0 Å². The molecule has 1 heterocycles. The van der Waals surface area contributed by atoms with Crippen molar-refractivity contribution in [3.63, 3.8) is 0 Å². The molecule has 7 heteroatoms. The van der Waals surface area contributed by atoms with Crippen LogP contribution in [0.3, 0.4) is 0 Å². The van der Waals surface area contributed by atoms with Crippen LogP contribution in [-0.2, 0) is 14.3 Å². The first-order valence-electron chi connectivity index (χ1n) is 5.95. The number of nitrogens with one attached hydrogen (secondary N) is 1. The average Bonchev–Trinajstić information content (AvgIpc) is 2.76. The van der Waals surface area contributed by atoms with Gasteiger partial charge in [-0.3, -0.25) is 4.79 Å². The fourth-order valence-corrected chi connectivity index (χ4v) is 2.25. The number of rotatable bonds is 6. The average molecular weight is 286 g/mol. The molecule has 0 aliphatic rings. The largest absolute Gasteiger partial charge is 0.469 e. The van der Waals surface area contributed by atoms with Crippen LogP contribution in [0.25, 0.3) is 0 Å². The summed E-state index contributed by atoms with van der Waals surface area (Å²) in [4.78, 5) is 27.6. The van der Waals surface area contributed by atoms with Gasteiger partial charge in [0.1, 0.15) is 4.88 Å². The highest BCUT2D eigenvalue weighted by molar-refractivity contribution is 7.17. The molecule has 0 fully saturated rings. The van der Waals surface area contributed by atoms with E-state index in [-0.39, 0.29) is 17.9 Å². The van der Waals surface area contributed by atoms with Crippen molar-refractivity contribution in [2.45, 2.75) is 20.8 Å². The van der Waals surface area contributed by atoms with E-state index in [4.69, 9.17) is 4.74 Å². The number of carbonyl (C=O) groups excluding carboxylic acids is 2. The molecule has 1 aromatic rings. The first-order valence-corrected chi connectivity index (χ1v) is 6.77. The Morgan fingerprint density at radius 1 is 1.47 bits per heavy atom. The third-order valence-corrected chi connectivity index (χ3v) is 3.52. The maximum absolute atomic E-state index is 11.6. The lowest BCUT2D eigenvalue weighted by atomic mass is 10.2. The highest BCUT2D eigenvalue weighted by atomic mass is 32.1. The zero-order valence-electron chi connectivity index (χ0n) is 11.5. The molecule has 0 spiro atoms. The van der Waals surface area contributed by atoms with E-state index < -0.39 is 0 Å². The van der Waals surface area contributed by atoms with Gasteiger partial charge in [0.2, 0.25) is 0 Å². The van der Waals surface area contributed by atoms with Crippen LogP contribution < -0.4 is 5.32 Å². The molecule has 0 aliphatic carbocycles. The number of hydrogen-bond donors (Lipinski definition) is 1. The third-order valence-electron chi connectivity index (χ3n) is 2.42. The summed E-state index contributed by atoms with van der Waals surface area (Å²) in [5.41, 5.74) is 0.622. The Hall–Kier alpha value is -1.63. The second-order valence-electron chi connectivity index (χ2n) is 3.96. The number of methoxy groups -OCH3 is 1. The van der Waals surface area contributed by atoms with Crippen LogP contribution in [0.1, 0.15) is 29.2 Å². The molecule has 0 aliphatic heterocycles. The lowest BCUT2D eigenvalue weighted by molar-refractivity contribution is -0.144. The zero-order valence-corrected chi connectivity index (χ0v) is 12.3. The molecule has 1 rings (SSSR count). The van der Waals surface area contributed by atoms with Crippen molar-refractivity contribution in [1.82, 2.24) is 4.98 Å². The predicted molar refractivity (Wildman–Crippen MR) is 72.5 cm³/mol. The van der Waals surface area contributed by atoms with Crippen molar-refractivity contribution in [3.05, 3.63) is 10.6 Å². The second kappa shape index (κ2) is 7.08. The van der Waals surface area contributed by atoms with Gasteiger partial charge in [-0.1, -0.05) is 18.3 Å². The Labute approximate surface area is 116 Å². The van der Waals surface area contributed by atoms with E-state index in [0.29, 0.717) is 28.9 Å². The van der Waals surface area contributed by atoms with E-state index in [1.165, 1.54) is 18.4 Å². The molecule has 1 aromatic heterocycles. The number of aromatic nitrogens is 1. The number of nitrogens with zero attached hydrogens (tertiary/aromatic N) is 1. The minimum atomic E-state index is -0.369. The highest BCUT2D eigenvalue weighted by Gasteiger charge is 2.18. The molecule has 1 N–H and O–H groups in total. The molecule has 1 unspecified atom stereocenters. The molecule has 19 heavy (non-hydrogen) atoms. The number of aryl methyl sites for hydroxylation is 1. The Bertz CT molecular complexity index is 459. The maximum Gasteiger partial charge on any atom is 0.350 e. The van der Waals surface area contributed by atoms with Crippen LogP contribution in [0, 0.1) is 12.8 Å². The van der Waals surface area contributed by atoms with Gasteiger partial charge in [0.25, 0.3) is 0 Å². The van der Waals surface area contributed by atoms with Gasteiger partial charge in [0.15, 0.2) is 5.13 Å². The third kappa shape index (κ3) is 4.20. The van der Waals surface area contributed by atoms with Crippen molar-refractivity contribution in [3.8, 4) is 0 Å². The lowest BCUT2D eigenvalue weighted by Crippen LogP contribution is -2.21. The highest BCUT2D eigenvalue weighted by Crippen LogP contribution is 2.23. The lowest BCUT2D eigenvalue weighted by Gasteiger charge is -2.08. The van der Waals surface area contributed by atoms with E-state index in [2.05, 4.69) is 15.0 Å². The van der Waals surface area contributed by atoms with Crippen LogP contribution in [0.4, 0.5) is 5.13 Å². The summed E-state index contributed by atoms with van der Waals surface area (Å²) in [5, 5.41) is 3.61. The zero-order chi connectivity index (χ0) is 14.4. The van der Waals surface area contributed by atoms with Crippen molar-refractivity contribution in [1.29, 1.82) is 0 Å². The van der Waals surface area contributed by atoms with Gasteiger partial charge in [0.05, 0.1) is 25.3 Å². The molecule has 1 atom stereocenters. The number of thiazole rings is 1. The summed E-state index contributed by atoms with van der Waals surface area (Å²) in [5.74, 6) is -0.932. The summed E-state index contributed by atoms with van der Waals surface area (Å²) in [7, 11) is 1.35. The van der Waals surface area contributed by atoms with Gasteiger partial charge in [-0.25, -0.2) is 9.78 Å². The number of carbonyl (C=O) groups is 2. The molecule has 6 nitrogen and oxygen atoms in total. The van der Waals surface area contributed by atoms with E-state index in [0.717, 1.165) is 0 Å². The van der Waals surface area contributed by atoms with Gasteiger partial charge in [-0.15, -0.1) is 0 Å². The molecule has 0 bridgehead atoms. The molecule has 0 saturated heterocycles. The van der Waals surface area contributed by atoms with Crippen molar-refractivity contribution in [2.24, 2.45) is 5.92 Å². The number of ether oxygens (including phenoxy) is 2. The second-order valence-corrected chi connectivity index (χ2v) is 4.96. The van der Waals surface area contributed by atoms with Crippen molar-refractivity contribution >= 4 is 28.4 Å². The van der Waals surface area contributed by atoms with Crippen molar-refractivity contribution in [2.75, 3.05) is 25.6 Å². The SMILES string of the molecule is CCOC(=O)c1sc(NCC(C)C(=O)OC)nc1C. The van der Waals surface area contributed by atoms with Gasteiger partial charge in [-0.05, 0) is 13.8 Å². The van der Waals surface area contributed by atoms with Gasteiger partial charge < -0.3 is 14.8 Å². The fourth-order valence-electron chi connectivity index (χ4n) is 1.38. The summed E-state index contributed by atoms with van der Waals surface area (Å²) >= 11 is 1.22. The Kier molecular flexibility index (Phi) is 5.75. The molecule has 0 amide bonds. The van der Waals surface area contributed by atoms with Crippen molar-refractivity contribution < 1.29 is 19.1 Å². The summed E-state index contributed by atoms with van der Waals surface area (Å²) < 4.78 is 9.56. The van der Waals surface area contributed by atoms with Gasteiger partial charge in [0, 0.05) is 6.54 Å². The number of anilines is 1. The minimum absolute atomic E-state index is 0.278. The Morgan fingerprint density at radius 2 is 2.16 bits per heavy atom. The van der Waals surface area contributed by atoms with Crippen LogP contribution in [0.2, 0.25) is 0 Å². The Balaban J connectivity index is 2.63. The summed E-state index contributed by atoms with van der Waals surface area (Å²) in [6.07, 6.45) is 0. The molecule has 0 saturated carbocycles. The first-order chi connectivity index (χ1) is 8.99. The maximum atomic E-state index is 11.6. The van der Waals surface area contributed by atoms with E-state index in [1.54, 1.807) is 20.8 Å². The molecule has 106 valence electrons. The van der Waals surface area contributed by atoms with Crippen LogP contribution in [-0.4, -0.2) is 37.2 Å². The molecule has 0 aromatic carbocycles. The normalized spacial score (nSPS) is 11.8. The standard InChI is InChI=1S/C12H18N2O4S/c1-5-18-11(16)9-8(3)14-12(19-9)13-6-7(2)10(15)17-4/h7H,5-6H2,1-4H3,(H,13,14). The van der Waals surface area contributed by atoms with E-state index >= 15 is 0 Å². The van der Waals surface area contributed by atoms with E-state index in [1.807, 2.05) is 0 Å². The summed E-state index contributed by atoms with van der Waals surface area (Å²) in [6.45, 7) is 5.99. The summed E-state index contributed by atoms with van der Waals surface area (Å²) in [6, 6.07) is 0. The van der Waals surface area contributed by atoms with Gasteiger partial charge >= 0.3 is 11.9 Å². The topological polar surface area (TPSA) is 77.5 Å². The minimum Gasteiger partial charge on any atom is -0.469 e. The van der Waals surface area contributed by atoms with E-state index in [9.17, 15) is 9.59 Å². The quantitative estimate of drug-likeness (QED) is 0.804. The molecular weight excluding hydrogens is 268 g/mol. The monoisotopic (exact) mass is 286 g/mol. The fraction of sp³-hybridized carbons (Fsp3) is 0.583. The Morgan fingerprint density at radius 3 is 2.74 bits per heavy atom. The van der Waals surface area contributed by atoms with Crippen LogP contribution >= 0.6 is 11.3 Å². The number of esters is 2. The smallest absolute Gasteiger partial charge is 0.350 e. The molecular formula is C12H18N2O4S. The predicted octanol–water partition coefficient (Wildman–Crippen LogP) is 1.85. The molecule has 0 radical (unpaired) electrons. The van der Waals surface area contributed by atoms with Crippen LogP contribution in [0.15, 0.2) is 0 Å².